The van der Waals surface area contributed by atoms with Gasteiger partial charge < -0.3 is 14.7 Å². The van der Waals surface area contributed by atoms with E-state index in [-0.39, 0.29) is 12.1 Å². The summed E-state index contributed by atoms with van der Waals surface area (Å²) in [7, 11) is 0. The molecule has 0 saturated carbocycles. The lowest BCUT2D eigenvalue weighted by Gasteiger charge is -2.37. The van der Waals surface area contributed by atoms with Crippen molar-refractivity contribution in [3.05, 3.63) is 0 Å². The Morgan fingerprint density at radius 1 is 1.21 bits per heavy atom. The Labute approximate surface area is 85.4 Å². The minimum atomic E-state index is -0.275. The van der Waals surface area contributed by atoms with E-state index in [9.17, 15) is 5.11 Å². The van der Waals surface area contributed by atoms with Crippen molar-refractivity contribution in [2.45, 2.75) is 19.1 Å². The Bertz CT molecular complexity index is 181. The van der Waals surface area contributed by atoms with Crippen molar-refractivity contribution in [1.29, 1.82) is 0 Å². The average Bonchev–Trinajstić information content (AvgIpc) is 2.65. The summed E-state index contributed by atoms with van der Waals surface area (Å²) in [5.41, 5.74) is 0. The predicted molar refractivity (Wildman–Crippen MR) is 54.3 cm³/mol. The molecule has 0 aromatic carbocycles. The quantitative estimate of drug-likeness (QED) is 0.645. The molecule has 0 unspecified atom stereocenters. The lowest BCUT2D eigenvalue weighted by molar-refractivity contribution is 0.0459. The Morgan fingerprint density at radius 2 is 1.93 bits per heavy atom. The second-order valence-corrected chi connectivity index (χ2v) is 4.14. The molecule has 0 radical (unpaired) electrons. The third-order valence-electron chi connectivity index (χ3n) is 3.34. The zero-order chi connectivity index (χ0) is 9.97. The van der Waals surface area contributed by atoms with Crippen molar-refractivity contribution in [2.75, 3.05) is 45.9 Å². The van der Waals surface area contributed by atoms with Crippen LogP contribution in [0.15, 0.2) is 0 Å². The van der Waals surface area contributed by atoms with Crippen LogP contribution in [0.25, 0.3) is 0 Å². The number of piperazine rings is 1. The number of hydrogen-bond donors (Lipinski definition) is 1. The molecule has 2 heterocycles. The molecule has 2 rings (SSSR count). The van der Waals surface area contributed by atoms with E-state index in [1.807, 2.05) is 0 Å². The zero-order valence-corrected chi connectivity index (χ0v) is 8.85. The van der Waals surface area contributed by atoms with Crippen molar-refractivity contribution in [3.8, 4) is 0 Å². The number of rotatable bonds is 2. The smallest absolute Gasteiger partial charge is 0.0950 e. The summed E-state index contributed by atoms with van der Waals surface area (Å²) >= 11 is 0. The zero-order valence-electron chi connectivity index (χ0n) is 8.85. The molecule has 4 nitrogen and oxygen atoms in total. The first-order valence-electron chi connectivity index (χ1n) is 5.53. The highest BCUT2D eigenvalue weighted by Gasteiger charge is 2.32. The van der Waals surface area contributed by atoms with Crippen LogP contribution in [0.3, 0.4) is 0 Å². The minimum Gasteiger partial charge on any atom is -0.389 e. The van der Waals surface area contributed by atoms with Gasteiger partial charge in [-0.1, -0.05) is 6.92 Å². The van der Waals surface area contributed by atoms with Crippen molar-refractivity contribution in [3.63, 3.8) is 0 Å². The molecular formula is C10H20N2O2. The van der Waals surface area contributed by atoms with Gasteiger partial charge in [-0.3, -0.25) is 4.90 Å². The second kappa shape index (κ2) is 4.57. The Balaban J connectivity index is 1.82. The van der Waals surface area contributed by atoms with E-state index in [4.69, 9.17) is 4.74 Å². The van der Waals surface area contributed by atoms with E-state index in [2.05, 4.69) is 16.7 Å². The van der Waals surface area contributed by atoms with E-state index in [0.29, 0.717) is 13.2 Å². The minimum absolute atomic E-state index is 0.244. The molecule has 2 fully saturated rings. The molecule has 2 aliphatic rings. The van der Waals surface area contributed by atoms with Crippen LogP contribution in [0.5, 0.6) is 0 Å². The SMILES string of the molecule is CCN1CCN([C@H]2COC[C@@H]2O)CC1. The molecule has 0 spiro atoms. The molecule has 4 heteroatoms. The molecule has 82 valence electrons. The van der Waals surface area contributed by atoms with Crippen LogP contribution in [-0.2, 0) is 4.74 Å². The number of aliphatic hydroxyl groups is 1. The van der Waals surface area contributed by atoms with Gasteiger partial charge in [0.2, 0.25) is 0 Å². The Morgan fingerprint density at radius 3 is 2.43 bits per heavy atom. The van der Waals surface area contributed by atoms with Gasteiger partial charge in [-0.2, -0.15) is 0 Å². The van der Waals surface area contributed by atoms with Crippen LogP contribution in [0.2, 0.25) is 0 Å². The van der Waals surface area contributed by atoms with Crippen LogP contribution in [-0.4, -0.2) is 73.0 Å². The monoisotopic (exact) mass is 200 g/mol. The highest BCUT2D eigenvalue weighted by atomic mass is 16.5. The maximum atomic E-state index is 9.68. The fourth-order valence-electron chi connectivity index (χ4n) is 2.29. The topological polar surface area (TPSA) is 35.9 Å². The Hall–Kier alpha value is -0.160. The van der Waals surface area contributed by atoms with Crippen molar-refractivity contribution < 1.29 is 9.84 Å². The molecule has 2 saturated heterocycles. The predicted octanol–water partition coefficient (Wildman–Crippen LogP) is -0.616. The molecule has 0 amide bonds. The van der Waals surface area contributed by atoms with E-state index in [1.54, 1.807) is 0 Å². The van der Waals surface area contributed by atoms with E-state index < -0.39 is 0 Å². The standard InChI is InChI=1S/C10H20N2O2/c1-2-11-3-5-12(6-4-11)9-7-14-8-10(9)13/h9-10,13H,2-8H2,1H3/t9-,10-/m0/s1. The molecule has 0 aliphatic carbocycles. The van der Waals surface area contributed by atoms with Crippen LogP contribution >= 0.6 is 0 Å². The number of ether oxygens (including phenoxy) is 1. The second-order valence-electron chi connectivity index (χ2n) is 4.14. The summed E-state index contributed by atoms with van der Waals surface area (Å²) < 4.78 is 5.27. The van der Waals surface area contributed by atoms with Gasteiger partial charge in [-0.25, -0.2) is 0 Å². The molecular weight excluding hydrogens is 180 g/mol. The van der Waals surface area contributed by atoms with E-state index in [1.165, 1.54) is 0 Å². The van der Waals surface area contributed by atoms with Crippen LogP contribution < -0.4 is 0 Å². The van der Waals surface area contributed by atoms with Crippen molar-refractivity contribution >= 4 is 0 Å². The Kier molecular flexibility index (Phi) is 3.38. The van der Waals surface area contributed by atoms with Gasteiger partial charge in [0.1, 0.15) is 0 Å². The maximum absolute atomic E-state index is 9.68. The fourth-order valence-corrected chi connectivity index (χ4v) is 2.29. The van der Waals surface area contributed by atoms with Gasteiger partial charge in [0.05, 0.1) is 25.4 Å². The summed E-state index contributed by atoms with van der Waals surface area (Å²) in [4.78, 5) is 4.81. The normalized spacial score (nSPS) is 36.4. The summed E-state index contributed by atoms with van der Waals surface area (Å²) in [6.45, 7) is 8.93. The number of nitrogens with zero attached hydrogens (tertiary/aromatic N) is 2. The third kappa shape index (κ3) is 2.08. The number of hydrogen-bond acceptors (Lipinski definition) is 4. The van der Waals surface area contributed by atoms with Gasteiger partial charge in [0.25, 0.3) is 0 Å². The maximum Gasteiger partial charge on any atom is 0.0950 e. The van der Waals surface area contributed by atoms with E-state index >= 15 is 0 Å². The highest BCUT2D eigenvalue weighted by molar-refractivity contribution is 4.86. The molecule has 2 atom stereocenters. The van der Waals surface area contributed by atoms with Gasteiger partial charge in [-0.15, -0.1) is 0 Å². The largest absolute Gasteiger partial charge is 0.389 e. The third-order valence-corrected chi connectivity index (χ3v) is 3.34. The summed E-state index contributed by atoms with van der Waals surface area (Å²) in [5, 5.41) is 9.68. The van der Waals surface area contributed by atoms with Crippen molar-refractivity contribution in [1.82, 2.24) is 9.80 Å². The highest BCUT2D eigenvalue weighted by Crippen LogP contribution is 2.15. The lowest BCUT2D eigenvalue weighted by atomic mass is 10.1. The van der Waals surface area contributed by atoms with Crippen LogP contribution in [0.4, 0.5) is 0 Å². The van der Waals surface area contributed by atoms with Gasteiger partial charge in [-0.05, 0) is 6.54 Å². The first-order chi connectivity index (χ1) is 6.81. The van der Waals surface area contributed by atoms with Gasteiger partial charge in [0.15, 0.2) is 0 Å². The average molecular weight is 200 g/mol. The summed E-state index contributed by atoms with van der Waals surface area (Å²) in [6.07, 6.45) is -0.275. The van der Waals surface area contributed by atoms with Gasteiger partial charge in [0, 0.05) is 26.2 Å². The first-order valence-corrected chi connectivity index (χ1v) is 5.53. The fraction of sp³-hybridized carbons (Fsp3) is 1.00. The number of aliphatic hydroxyl groups excluding tert-OH is 1. The van der Waals surface area contributed by atoms with Crippen molar-refractivity contribution in [2.24, 2.45) is 0 Å². The summed E-state index contributed by atoms with van der Waals surface area (Å²) in [6, 6.07) is 0.244. The molecule has 1 N–H and O–H groups in total. The van der Waals surface area contributed by atoms with Crippen LogP contribution in [0.1, 0.15) is 6.92 Å². The van der Waals surface area contributed by atoms with Crippen LogP contribution in [0, 0.1) is 0 Å². The molecule has 0 aromatic rings. The molecule has 0 bridgehead atoms. The van der Waals surface area contributed by atoms with Gasteiger partial charge >= 0.3 is 0 Å². The first kappa shape index (κ1) is 10.4. The molecule has 0 aromatic heterocycles. The molecule has 2 aliphatic heterocycles. The summed E-state index contributed by atoms with van der Waals surface area (Å²) in [5.74, 6) is 0. The molecule has 14 heavy (non-hydrogen) atoms. The van der Waals surface area contributed by atoms with E-state index in [0.717, 1.165) is 32.7 Å². The lowest BCUT2D eigenvalue weighted by Crippen LogP contribution is -2.53. The number of likely N-dealkylation sites (N-methyl/N-ethyl adjacent to an activating group) is 1.